The van der Waals surface area contributed by atoms with Crippen LogP contribution >= 0.6 is 11.6 Å². The summed E-state index contributed by atoms with van der Waals surface area (Å²) in [6.45, 7) is 12.9. The molecule has 0 bridgehead atoms. The first-order valence-corrected chi connectivity index (χ1v) is 13.7. The Morgan fingerprint density at radius 3 is 2.18 bits per heavy atom. The molecule has 0 amide bonds. The summed E-state index contributed by atoms with van der Waals surface area (Å²) in [5, 5.41) is 21.3. The van der Waals surface area contributed by atoms with E-state index in [-0.39, 0.29) is 11.6 Å². The standard InChI is InChI=1S/C23H36ClFO7Si/c1-12(2)33(13(3)4,14(5)6)30-11-17-19(26)20(27)21(23(29-7)31-17)32-22(28)18-15(24)9-8-10-16(18)25/h8-10,12-14,17,19-21,23,26-27H,11H2,1-7H3/t17-,19-,20+,21-,23+/m1/s1. The number of halogens is 2. The van der Waals surface area contributed by atoms with E-state index in [9.17, 15) is 19.4 Å². The van der Waals surface area contributed by atoms with Crippen LogP contribution in [0.15, 0.2) is 18.2 Å². The maximum atomic E-state index is 14.1. The number of benzene rings is 1. The number of hydrogen-bond donors (Lipinski definition) is 2. The molecule has 1 saturated heterocycles. The fraction of sp³-hybridized carbons (Fsp3) is 0.696. The van der Waals surface area contributed by atoms with E-state index in [0.29, 0.717) is 16.6 Å². The van der Waals surface area contributed by atoms with Crippen molar-refractivity contribution in [2.75, 3.05) is 13.7 Å². The molecule has 1 fully saturated rings. The zero-order chi connectivity index (χ0) is 25.1. The van der Waals surface area contributed by atoms with E-state index < -0.39 is 56.4 Å². The van der Waals surface area contributed by atoms with Crippen LogP contribution < -0.4 is 0 Å². The smallest absolute Gasteiger partial charge is 0.343 e. The van der Waals surface area contributed by atoms with E-state index in [1.807, 2.05) is 0 Å². The molecule has 0 saturated carbocycles. The number of carbonyl (C=O) groups is 1. The molecule has 1 aromatic carbocycles. The summed E-state index contributed by atoms with van der Waals surface area (Å²) in [4.78, 5) is 12.6. The first kappa shape index (κ1) is 28.2. The molecule has 7 nitrogen and oxygen atoms in total. The van der Waals surface area contributed by atoms with Crippen LogP contribution in [-0.2, 0) is 18.6 Å². The largest absolute Gasteiger partial charge is 0.450 e. The van der Waals surface area contributed by atoms with Crippen LogP contribution in [0.4, 0.5) is 4.39 Å². The van der Waals surface area contributed by atoms with Gasteiger partial charge in [0.1, 0.15) is 29.7 Å². The Hall–Kier alpha value is -1.07. The lowest BCUT2D eigenvalue weighted by molar-refractivity contribution is -0.292. The number of aliphatic hydroxyl groups is 2. The Labute approximate surface area is 201 Å². The van der Waals surface area contributed by atoms with Crippen molar-refractivity contribution < 1.29 is 38.0 Å². The predicted molar refractivity (Wildman–Crippen MR) is 125 cm³/mol. The molecule has 5 atom stereocenters. The number of hydrogen-bond acceptors (Lipinski definition) is 7. The predicted octanol–water partition coefficient (Wildman–Crippen LogP) is 4.29. The van der Waals surface area contributed by atoms with Crippen LogP contribution in [0.25, 0.3) is 0 Å². The van der Waals surface area contributed by atoms with Gasteiger partial charge in [0, 0.05) is 7.11 Å². The second-order valence-corrected chi connectivity index (χ2v) is 15.2. The van der Waals surface area contributed by atoms with Crippen LogP contribution in [-0.4, -0.2) is 68.9 Å². The summed E-state index contributed by atoms with van der Waals surface area (Å²) >= 11 is 5.93. The van der Waals surface area contributed by atoms with Crippen LogP contribution in [0, 0.1) is 5.82 Å². The van der Waals surface area contributed by atoms with E-state index in [0.717, 1.165) is 6.07 Å². The fourth-order valence-corrected chi connectivity index (χ4v) is 10.7. The van der Waals surface area contributed by atoms with E-state index in [1.54, 1.807) is 0 Å². The van der Waals surface area contributed by atoms with Gasteiger partial charge in [0.05, 0.1) is 11.6 Å². The van der Waals surface area contributed by atoms with E-state index in [4.69, 9.17) is 30.2 Å². The molecule has 0 aliphatic carbocycles. The van der Waals surface area contributed by atoms with Crippen LogP contribution in [0.1, 0.15) is 51.9 Å². The summed E-state index contributed by atoms with van der Waals surface area (Å²) in [6.07, 6.45) is -6.45. The molecule has 1 aliphatic rings. The van der Waals surface area contributed by atoms with Gasteiger partial charge in [0.25, 0.3) is 0 Å². The minimum atomic E-state index is -2.25. The highest BCUT2D eigenvalue weighted by Gasteiger charge is 2.50. The Kier molecular flexibility index (Phi) is 9.88. The summed E-state index contributed by atoms with van der Waals surface area (Å²) in [5.41, 5.74) is 0.490. The van der Waals surface area contributed by atoms with Crippen molar-refractivity contribution in [3.63, 3.8) is 0 Å². The molecule has 0 unspecified atom stereocenters. The Bertz CT molecular complexity index is 763. The second kappa shape index (κ2) is 11.6. The number of ether oxygens (including phenoxy) is 3. The molecule has 0 radical (unpaired) electrons. The van der Waals surface area contributed by atoms with Gasteiger partial charge in [-0.1, -0.05) is 59.2 Å². The number of esters is 1. The molecule has 10 heteroatoms. The summed E-state index contributed by atoms with van der Waals surface area (Å²) < 4.78 is 37.0. The van der Waals surface area contributed by atoms with Crippen molar-refractivity contribution in [2.45, 2.75) is 88.9 Å². The highest BCUT2D eigenvalue weighted by Crippen LogP contribution is 2.42. The lowest BCUT2D eigenvalue weighted by atomic mass is 9.99. The Morgan fingerprint density at radius 1 is 1.12 bits per heavy atom. The molecule has 1 aliphatic heterocycles. The minimum Gasteiger partial charge on any atom is -0.450 e. The lowest BCUT2D eigenvalue weighted by Gasteiger charge is -2.45. The lowest BCUT2D eigenvalue weighted by Crippen LogP contribution is -2.61. The number of carbonyl (C=O) groups excluding carboxylic acids is 1. The van der Waals surface area contributed by atoms with Crippen molar-refractivity contribution in [2.24, 2.45) is 0 Å². The van der Waals surface area contributed by atoms with Gasteiger partial charge < -0.3 is 28.8 Å². The normalized spacial score (nSPS) is 26.3. The second-order valence-electron chi connectivity index (χ2n) is 9.36. The quantitative estimate of drug-likeness (QED) is 0.381. The molecule has 1 aromatic rings. The Balaban J connectivity index is 2.19. The van der Waals surface area contributed by atoms with Crippen molar-refractivity contribution in [1.82, 2.24) is 0 Å². The molecule has 0 spiro atoms. The van der Waals surface area contributed by atoms with Crippen LogP contribution in [0.3, 0.4) is 0 Å². The summed E-state index contributed by atoms with van der Waals surface area (Å²) in [6, 6.07) is 3.77. The van der Waals surface area contributed by atoms with Gasteiger partial charge in [-0.3, -0.25) is 0 Å². The third-order valence-electron chi connectivity index (χ3n) is 6.49. The molecule has 188 valence electrons. The molecule has 1 heterocycles. The third kappa shape index (κ3) is 5.78. The highest BCUT2D eigenvalue weighted by molar-refractivity contribution is 6.77. The fourth-order valence-electron chi connectivity index (χ4n) is 4.96. The van der Waals surface area contributed by atoms with E-state index >= 15 is 0 Å². The van der Waals surface area contributed by atoms with Gasteiger partial charge in [-0.2, -0.15) is 0 Å². The van der Waals surface area contributed by atoms with Gasteiger partial charge >= 0.3 is 5.97 Å². The van der Waals surface area contributed by atoms with E-state index in [1.165, 1.54) is 19.2 Å². The summed E-state index contributed by atoms with van der Waals surface area (Å²) in [7, 11) is -0.932. The van der Waals surface area contributed by atoms with Crippen molar-refractivity contribution in [3.05, 3.63) is 34.6 Å². The average molecular weight is 507 g/mol. The van der Waals surface area contributed by atoms with Gasteiger partial charge in [-0.05, 0) is 28.8 Å². The first-order valence-electron chi connectivity index (χ1n) is 11.2. The minimum absolute atomic E-state index is 0.0542. The Morgan fingerprint density at radius 2 is 1.70 bits per heavy atom. The maximum absolute atomic E-state index is 14.1. The molecule has 0 aromatic heterocycles. The van der Waals surface area contributed by atoms with Gasteiger partial charge in [-0.15, -0.1) is 0 Å². The van der Waals surface area contributed by atoms with Crippen LogP contribution in [0.2, 0.25) is 21.6 Å². The zero-order valence-corrected chi connectivity index (χ0v) is 22.0. The number of methoxy groups -OCH3 is 1. The van der Waals surface area contributed by atoms with Crippen molar-refractivity contribution in [3.8, 4) is 0 Å². The molecule has 2 rings (SSSR count). The highest BCUT2D eigenvalue weighted by atomic mass is 35.5. The molecule has 2 N–H and O–H groups in total. The number of aliphatic hydroxyl groups excluding tert-OH is 2. The van der Waals surface area contributed by atoms with Gasteiger partial charge in [0.15, 0.2) is 20.7 Å². The topological polar surface area (TPSA) is 94.5 Å². The van der Waals surface area contributed by atoms with Gasteiger partial charge in [0.2, 0.25) is 0 Å². The number of rotatable bonds is 9. The zero-order valence-electron chi connectivity index (χ0n) is 20.2. The maximum Gasteiger partial charge on any atom is 0.343 e. The monoisotopic (exact) mass is 506 g/mol. The summed E-state index contributed by atoms with van der Waals surface area (Å²) in [5.74, 6) is -1.96. The van der Waals surface area contributed by atoms with Crippen molar-refractivity contribution in [1.29, 1.82) is 0 Å². The molecular weight excluding hydrogens is 471 g/mol. The molecule has 33 heavy (non-hydrogen) atoms. The third-order valence-corrected chi connectivity index (χ3v) is 12.9. The average Bonchev–Trinajstić information content (AvgIpc) is 2.72. The molecular formula is C23H36ClFO7Si. The van der Waals surface area contributed by atoms with Gasteiger partial charge in [-0.25, -0.2) is 9.18 Å². The van der Waals surface area contributed by atoms with Crippen LogP contribution in [0.5, 0.6) is 0 Å². The SMILES string of the molecule is CO[C@H]1O[C@H](CO[Si](C(C)C)(C(C)C)C(C)C)[C@@H](O)[C@H](O)[C@H]1OC(=O)c1c(F)cccc1Cl. The van der Waals surface area contributed by atoms with E-state index in [2.05, 4.69) is 41.5 Å². The first-order chi connectivity index (χ1) is 15.4. The van der Waals surface area contributed by atoms with Crippen molar-refractivity contribution >= 4 is 25.9 Å².